The number of fused-ring (bicyclic) bond motifs is 1. The molecule has 0 bridgehead atoms. The van der Waals surface area contributed by atoms with Crippen LogP contribution in [0.2, 0.25) is 0 Å². The molecule has 0 saturated heterocycles. The van der Waals surface area contributed by atoms with E-state index in [0.29, 0.717) is 17.1 Å². The van der Waals surface area contributed by atoms with Crippen LogP contribution in [0.25, 0.3) is 5.65 Å². The molecule has 0 N–H and O–H groups in total. The number of rotatable bonds is 3. The predicted molar refractivity (Wildman–Crippen MR) is 82.1 cm³/mol. The van der Waals surface area contributed by atoms with Gasteiger partial charge in [0.25, 0.3) is 5.56 Å². The van der Waals surface area contributed by atoms with Gasteiger partial charge in [-0.1, -0.05) is 6.07 Å². The molecule has 0 atom stereocenters. The van der Waals surface area contributed by atoms with Crippen molar-refractivity contribution in [2.24, 2.45) is 0 Å². The lowest BCUT2D eigenvalue weighted by molar-refractivity contribution is 0.577. The van der Waals surface area contributed by atoms with Crippen molar-refractivity contribution in [3.05, 3.63) is 75.8 Å². The average molecular weight is 318 g/mol. The first kappa shape index (κ1) is 14.7. The Hall–Kier alpha value is -2.21. The van der Waals surface area contributed by atoms with Gasteiger partial charge in [0.2, 0.25) is 0 Å². The molecule has 0 aliphatic heterocycles. The number of benzene rings is 1. The molecular weight excluding hydrogens is 306 g/mol. The predicted octanol–water partition coefficient (Wildman–Crippen LogP) is 3.57. The zero-order chi connectivity index (χ0) is 15.7. The number of hydrogen-bond donors (Lipinski definition) is 0. The summed E-state index contributed by atoms with van der Waals surface area (Å²) in [4.78, 5) is 16.6. The summed E-state index contributed by atoms with van der Waals surface area (Å²) in [5, 5.41) is 0. The van der Waals surface area contributed by atoms with Crippen LogP contribution in [0.1, 0.15) is 11.3 Å². The van der Waals surface area contributed by atoms with Gasteiger partial charge in [-0.3, -0.25) is 9.20 Å². The highest BCUT2D eigenvalue weighted by Crippen LogP contribution is 2.25. The third-order valence-corrected chi connectivity index (χ3v) is 4.19. The highest BCUT2D eigenvalue weighted by Gasteiger charge is 2.07. The number of nitrogens with zero attached hydrogens (tertiary/aromatic N) is 2. The minimum absolute atomic E-state index is 0.191. The van der Waals surface area contributed by atoms with Crippen LogP contribution < -0.4 is 5.56 Å². The first-order chi connectivity index (χ1) is 10.5. The van der Waals surface area contributed by atoms with Crippen molar-refractivity contribution in [2.75, 3.05) is 0 Å². The van der Waals surface area contributed by atoms with Crippen molar-refractivity contribution in [1.82, 2.24) is 9.38 Å². The molecule has 0 fully saturated rings. The largest absolute Gasteiger partial charge is 0.269 e. The Morgan fingerprint density at radius 2 is 2.00 bits per heavy atom. The van der Waals surface area contributed by atoms with E-state index in [9.17, 15) is 13.6 Å². The van der Waals surface area contributed by atoms with Crippen molar-refractivity contribution in [2.45, 2.75) is 17.6 Å². The fourth-order valence-corrected chi connectivity index (χ4v) is 2.92. The summed E-state index contributed by atoms with van der Waals surface area (Å²) >= 11 is 1.11. The Bertz CT molecular complexity index is 908. The molecule has 22 heavy (non-hydrogen) atoms. The molecule has 0 unspecified atom stereocenters. The molecule has 2 aromatic heterocycles. The fraction of sp³-hybridized carbons (Fsp3) is 0.125. The first-order valence-corrected chi connectivity index (χ1v) is 7.58. The van der Waals surface area contributed by atoms with Crippen LogP contribution in [0.4, 0.5) is 8.78 Å². The van der Waals surface area contributed by atoms with E-state index in [0.717, 1.165) is 35.5 Å². The van der Waals surface area contributed by atoms with Gasteiger partial charge in [-0.25, -0.2) is 13.8 Å². The van der Waals surface area contributed by atoms with Crippen molar-refractivity contribution in [3.8, 4) is 0 Å². The van der Waals surface area contributed by atoms with Gasteiger partial charge in [0, 0.05) is 22.9 Å². The van der Waals surface area contributed by atoms with Crippen LogP contribution in [0.5, 0.6) is 0 Å². The number of aromatic nitrogens is 2. The maximum absolute atomic E-state index is 13.6. The second-order valence-corrected chi connectivity index (χ2v) is 5.90. The second kappa shape index (κ2) is 5.88. The molecule has 0 radical (unpaired) electrons. The molecule has 1 aromatic carbocycles. The number of halogens is 2. The summed E-state index contributed by atoms with van der Waals surface area (Å²) in [7, 11) is 0. The van der Waals surface area contributed by atoms with E-state index in [4.69, 9.17) is 0 Å². The molecule has 6 heteroatoms. The van der Waals surface area contributed by atoms with E-state index in [-0.39, 0.29) is 10.5 Å². The van der Waals surface area contributed by atoms with Crippen LogP contribution in [0, 0.1) is 18.6 Å². The number of hydrogen-bond acceptors (Lipinski definition) is 3. The molecule has 3 rings (SSSR count). The standard InChI is InChI=1S/C16H12F2N2OS/c1-10-2-5-15-19-12(7-16(21)20(15)8-10)9-22-14-6-11(17)3-4-13(14)18/h2-8H,9H2,1H3. The Balaban J connectivity index is 1.90. The van der Waals surface area contributed by atoms with Gasteiger partial charge in [0.05, 0.1) is 5.69 Å². The van der Waals surface area contributed by atoms with Gasteiger partial charge in [-0.05, 0) is 36.8 Å². The Morgan fingerprint density at radius 3 is 2.82 bits per heavy atom. The number of thioether (sulfide) groups is 1. The molecule has 0 aliphatic carbocycles. The van der Waals surface area contributed by atoms with Crippen LogP contribution in [-0.2, 0) is 5.75 Å². The molecule has 3 nitrogen and oxygen atoms in total. The van der Waals surface area contributed by atoms with Crippen LogP contribution in [0.3, 0.4) is 0 Å². The molecule has 0 saturated carbocycles. The van der Waals surface area contributed by atoms with E-state index in [1.54, 1.807) is 12.3 Å². The monoisotopic (exact) mass is 318 g/mol. The minimum atomic E-state index is -0.495. The quantitative estimate of drug-likeness (QED) is 0.692. The van der Waals surface area contributed by atoms with Crippen molar-refractivity contribution in [3.63, 3.8) is 0 Å². The summed E-state index contributed by atoms with van der Waals surface area (Å²) in [5.41, 5.74) is 1.83. The molecule has 2 heterocycles. The lowest BCUT2D eigenvalue weighted by atomic mass is 10.3. The fourth-order valence-electron chi connectivity index (χ4n) is 2.07. The lowest BCUT2D eigenvalue weighted by Crippen LogP contribution is -2.15. The van der Waals surface area contributed by atoms with Crippen LogP contribution >= 0.6 is 11.8 Å². The SMILES string of the molecule is Cc1ccc2nc(CSc3cc(F)ccc3F)cc(=O)n2c1. The summed E-state index contributed by atoms with van der Waals surface area (Å²) < 4.78 is 28.2. The second-order valence-electron chi connectivity index (χ2n) is 4.88. The maximum Gasteiger partial charge on any atom is 0.258 e. The van der Waals surface area contributed by atoms with Gasteiger partial charge in [0.1, 0.15) is 17.3 Å². The van der Waals surface area contributed by atoms with Gasteiger partial charge in [-0.2, -0.15) is 0 Å². The van der Waals surface area contributed by atoms with E-state index in [1.807, 2.05) is 13.0 Å². The normalized spacial score (nSPS) is 11.0. The van der Waals surface area contributed by atoms with Crippen molar-refractivity contribution in [1.29, 1.82) is 0 Å². The third-order valence-electron chi connectivity index (χ3n) is 3.13. The molecule has 3 aromatic rings. The topological polar surface area (TPSA) is 34.4 Å². The Kier molecular flexibility index (Phi) is 3.94. The van der Waals surface area contributed by atoms with Crippen LogP contribution in [-0.4, -0.2) is 9.38 Å². The molecule has 0 amide bonds. The lowest BCUT2D eigenvalue weighted by Gasteiger charge is -2.06. The Labute approximate surface area is 129 Å². The summed E-state index contributed by atoms with van der Waals surface area (Å²) in [6, 6.07) is 8.33. The van der Waals surface area contributed by atoms with E-state index >= 15 is 0 Å². The maximum atomic E-state index is 13.6. The van der Waals surface area contributed by atoms with Gasteiger partial charge in [0.15, 0.2) is 0 Å². The molecule has 0 spiro atoms. The zero-order valence-electron chi connectivity index (χ0n) is 11.7. The van der Waals surface area contributed by atoms with Gasteiger partial charge < -0.3 is 0 Å². The van der Waals surface area contributed by atoms with Gasteiger partial charge in [-0.15, -0.1) is 11.8 Å². The first-order valence-electron chi connectivity index (χ1n) is 6.60. The molecule has 112 valence electrons. The minimum Gasteiger partial charge on any atom is -0.269 e. The third kappa shape index (κ3) is 3.01. The summed E-state index contributed by atoms with van der Waals surface area (Å²) in [6.07, 6.45) is 1.72. The highest BCUT2D eigenvalue weighted by molar-refractivity contribution is 7.98. The van der Waals surface area contributed by atoms with E-state index in [2.05, 4.69) is 4.98 Å². The number of aryl methyl sites for hydroxylation is 1. The van der Waals surface area contributed by atoms with E-state index < -0.39 is 11.6 Å². The summed E-state index contributed by atoms with van der Waals surface area (Å²) in [5.74, 6) is -0.689. The van der Waals surface area contributed by atoms with Crippen molar-refractivity contribution < 1.29 is 8.78 Å². The highest BCUT2D eigenvalue weighted by atomic mass is 32.2. The zero-order valence-corrected chi connectivity index (χ0v) is 12.5. The summed E-state index contributed by atoms with van der Waals surface area (Å²) in [6.45, 7) is 1.89. The number of pyridine rings is 1. The Morgan fingerprint density at radius 1 is 1.18 bits per heavy atom. The van der Waals surface area contributed by atoms with Gasteiger partial charge >= 0.3 is 0 Å². The molecule has 0 aliphatic rings. The average Bonchev–Trinajstić information content (AvgIpc) is 2.49. The van der Waals surface area contributed by atoms with E-state index in [1.165, 1.54) is 10.5 Å². The van der Waals surface area contributed by atoms with Crippen LogP contribution in [0.15, 0.2) is 52.3 Å². The molecular formula is C16H12F2N2OS. The smallest absolute Gasteiger partial charge is 0.258 e. The van der Waals surface area contributed by atoms with Crippen molar-refractivity contribution >= 4 is 17.4 Å².